The van der Waals surface area contributed by atoms with E-state index in [9.17, 15) is 4.79 Å². The minimum Gasteiger partial charge on any atom is -0.378 e. The van der Waals surface area contributed by atoms with Gasteiger partial charge in [-0.25, -0.2) is 4.79 Å². The highest BCUT2D eigenvalue weighted by Gasteiger charge is 2.30. The minimum absolute atomic E-state index is 0.0382. The number of hydrogen-bond acceptors (Lipinski definition) is 4. The number of carbonyl (C=O) groups excluding carboxylic acids is 1. The van der Waals surface area contributed by atoms with Crippen LogP contribution in [0.2, 0.25) is 0 Å². The SMILES string of the molecule is CC1CN(C(=O)N2CCOCC2)CC(CN)O1. The van der Waals surface area contributed by atoms with Crippen molar-refractivity contribution in [1.29, 1.82) is 0 Å². The van der Waals surface area contributed by atoms with E-state index >= 15 is 0 Å². The summed E-state index contributed by atoms with van der Waals surface area (Å²) in [5.41, 5.74) is 5.61. The zero-order chi connectivity index (χ0) is 12.3. The van der Waals surface area contributed by atoms with Gasteiger partial charge >= 0.3 is 6.03 Å². The molecule has 2 fully saturated rings. The Hall–Kier alpha value is -0.850. The molecule has 2 rings (SSSR count). The third-order valence-electron chi connectivity index (χ3n) is 3.14. The van der Waals surface area contributed by atoms with Crippen LogP contribution in [0.3, 0.4) is 0 Å². The molecule has 0 spiro atoms. The summed E-state index contributed by atoms with van der Waals surface area (Å²) >= 11 is 0. The number of nitrogens with zero attached hydrogens (tertiary/aromatic N) is 2. The normalized spacial score (nSPS) is 30.5. The molecule has 2 N–H and O–H groups in total. The molecule has 6 nitrogen and oxygen atoms in total. The monoisotopic (exact) mass is 243 g/mol. The molecule has 0 saturated carbocycles. The first-order valence-electron chi connectivity index (χ1n) is 6.18. The standard InChI is InChI=1S/C11H21N3O3/c1-9-7-14(8-10(6-12)17-9)11(15)13-2-4-16-5-3-13/h9-10H,2-8,12H2,1H3. The van der Waals surface area contributed by atoms with Crippen molar-refractivity contribution >= 4 is 6.03 Å². The van der Waals surface area contributed by atoms with Gasteiger partial charge in [-0.2, -0.15) is 0 Å². The molecule has 0 aliphatic carbocycles. The molecule has 0 aromatic carbocycles. The predicted molar refractivity (Wildman–Crippen MR) is 62.8 cm³/mol. The Morgan fingerprint density at radius 2 is 2.00 bits per heavy atom. The van der Waals surface area contributed by atoms with Crippen molar-refractivity contribution in [1.82, 2.24) is 9.80 Å². The maximum absolute atomic E-state index is 12.3. The Morgan fingerprint density at radius 1 is 1.29 bits per heavy atom. The second-order valence-electron chi connectivity index (χ2n) is 4.59. The summed E-state index contributed by atoms with van der Waals surface area (Å²) in [5, 5.41) is 0. The molecule has 98 valence electrons. The first-order chi connectivity index (χ1) is 8.20. The molecule has 2 heterocycles. The summed E-state index contributed by atoms with van der Waals surface area (Å²) in [6.45, 7) is 6.29. The fraction of sp³-hybridized carbons (Fsp3) is 0.909. The van der Waals surface area contributed by atoms with Crippen LogP contribution in [-0.2, 0) is 9.47 Å². The van der Waals surface area contributed by atoms with Gasteiger partial charge in [0.25, 0.3) is 0 Å². The molecule has 2 amide bonds. The highest BCUT2D eigenvalue weighted by Crippen LogP contribution is 2.13. The number of ether oxygens (including phenoxy) is 2. The second kappa shape index (κ2) is 5.66. The lowest BCUT2D eigenvalue weighted by Crippen LogP contribution is -2.56. The molecule has 0 aromatic heterocycles. The molecule has 0 bridgehead atoms. The fourth-order valence-electron chi connectivity index (χ4n) is 2.29. The molecule has 6 heteroatoms. The molecule has 2 unspecified atom stereocenters. The summed E-state index contributed by atoms with van der Waals surface area (Å²) in [7, 11) is 0. The molecular formula is C11H21N3O3. The van der Waals surface area contributed by atoms with Gasteiger partial charge < -0.3 is 25.0 Å². The van der Waals surface area contributed by atoms with E-state index in [4.69, 9.17) is 15.2 Å². The number of amides is 2. The van der Waals surface area contributed by atoms with Crippen LogP contribution in [0.5, 0.6) is 0 Å². The number of hydrogen-bond donors (Lipinski definition) is 1. The Kier molecular flexibility index (Phi) is 4.20. The van der Waals surface area contributed by atoms with E-state index in [1.807, 2.05) is 16.7 Å². The number of nitrogens with two attached hydrogens (primary N) is 1. The van der Waals surface area contributed by atoms with Crippen molar-refractivity contribution in [3.8, 4) is 0 Å². The summed E-state index contributed by atoms with van der Waals surface area (Å²) < 4.78 is 10.9. The van der Waals surface area contributed by atoms with Gasteiger partial charge in [-0.3, -0.25) is 0 Å². The van der Waals surface area contributed by atoms with Crippen LogP contribution < -0.4 is 5.73 Å². The third kappa shape index (κ3) is 3.08. The van der Waals surface area contributed by atoms with Crippen molar-refractivity contribution in [2.45, 2.75) is 19.1 Å². The summed E-state index contributed by atoms with van der Waals surface area (Å²) in [6.07, 6.45) is 0.0195. The lowest BCUT2D eigenvalue weighted by molar-refractivity contribution is -0.0649. The molecular weight excluding hydrogens is 222 g/mol. The van der Waals surface area contributed by atoms with E-state index < -0.39 is 0 Å². The molecule has 0 aromatic rings. The number of carbonyl (C=O) groups is 1. The maximum atomic E-state index is 12.3. The van der Waals surface area contributed by atoms with Crippen LogP contribution in [0.4, 0.5) is 4.79 Å². The topological polar surface area (TPSA) is 68.0 Å². The maximum Gasteiger partial charge on any atom is 0.320 e. The molecule has 2 atom stereocenters. The Bertz CT molecular complexity index is 269. The van der Waals surface area contributed by atoms with Crippen molar-refractivity contribution in [2.24, 2.45) is 5.73 Å². The van der Waals surface area contributed by atoms with Gasteiger partial charge in [-0.1, -0.05) is 0 Å². The van der Waals surface area contributed by atoms with Crippen LogP contribution in [-0.4, -0.2) is 74.0 Å². The van der Waals surface area contributed by atoms with Gasteiger partial charge in [0.15, 0.2) is 0 Å². The molecule has 2 aliphatic heterocycles. The van der Waals surface area contributed by atoms with E-state index in [1.165, 1.54) is 0 Å². The van der Waals surface area contributed by atoms with Crippen LogP contribution in [0.25, 0.3) is 0 Å². The zero-order valence-electron chi connectivity index (χ0n) is 10.3. The van der Waals surface area contributed by atoms with E-state index in [-0.39, 0.29) is 18.2 Å². The van der Waals surface area contributed by atoms with E-state index in [2.05, 4.69) is 0 Å². The first kappa shape index (κ1) is 12.6. The van der Waals surface area contributed by atoms with Crippen LogP contribution in [0.15, 0.2) is 0 Å². The zero-order valence-corrected chi connectivity index (χ0v) is 10.3. The summed E-state index contributed by atoms with van der Waals surface area (Å²) in [4.78, 5) is 15.9. The summed E-state index contributed by atoms with van der Waals surface area (Å²) in [6, 6.07) is 0.0851. The Morgan fingerprint density at radius 3 is 2.65 bits per heavy atom. The smallest absolute Gasteiger partial charge is 0.320 e. The summed E-state index contributed by atoms with van der Waals surface area (Å²) in [5.74, 6) is 0. The van der Waals surface area contributed by atoms with Gasteiger partial charge in [0.1, 0.15) is 0 Å². The lowest BCUT2D eigenvalue weighted by atomic mass is 10.2. The van der Waals surface area contributed by atoms with Gasteiger partial charge in [0.05, 0.1) is 25.4 Å². The second-order valence-corrected chi connectivity index (χ2v) is 4.59. The van der Waals surface area contributed by atoms with Gasteiger partial charge in [0.2, 0.25) is 0 Å². The van der Waals surface area contributed by atoms with Crippen LogP contribution in [0.1, 0.15) is 6.92 Å². The molecule has 2 aliphatic rings. The van der Waals surface area contributed by atoms with Crippen LogP contribution in [0, 0.1) is 0 Å². The van der Waals surface area contributed by atoms with Crippen LogP contribution >= 0.6 is 0 Å². The van der Waals surface area contributed by atoms with Gasteiger partial charge in [-0.15, -0.1) is 0 Å². The highest BCUT2D eigenvalue weighted by molar-refractivity contribution is 5.74. The lowest BCUT2D eigenvalue weighted by Gasteiger charge is -2.39. The average Bonchev–Trinajstić information content (AvgIpc) is 2.38. The molecule has 17 heavy (non-hydrogen) atoms. The van der Waals surface area contributed by atoms with E-state index in [1.54, 1.807) is 0 Å². The highest BCUT2D eigenvalue weighted by atomic mass is 16.5. The average molecular weight is 243 g/mol. The number of morpholine rings is 2. The predicted octanol–water partition coefficient (Wildman–Crippen LogP) is -0.513. The fourth-order valence-corrected chi connectivity index (χ4v) is 2.29. The van der Waals surface area contributed by atoms with E-state index in [0.717, 1.165) is 0 Å². The quantitative estimate of drug-likeness (QED) is 0.673. The van der Waals surface area contributed by atoms with Crippen molar-refractivity contribution in [2.75, 3.05) is 45.9 Å². The number of urea groups is 1. The molecule has 2 saturated heterocycles. The Balaban J connectivity index is 1.93. The van der Waals surface area contributed by atoms with Crippen molar-refractivity contribution in [3.63, 3.8) is 0 Å². The third-order valence-corrected chi connectivity index (χ3v) is 3.14. The van der Waals surface area contributed by atoms with Gasteiger partial charge in [0, 0.05) is 32.7 Å². The largest absolute Gasteiger partial charge is 0.378 e. The van der Waals surface area contributed by atoms with Crippen molar-refractivity contribution < 1.29 is 14.3 Å². The number of rotatable bonds is 1. The Labute approximate surface area is 102 Å². The minimum atomic E-state index is -0.0382. The first-order valence-corrected chi connectivity index (χ1v) is 6.18. The van der Waals surface area contributed by atoms with Gasteiger partial charge in [-0.05, 0) is 6.92 Å². The van der Waals surface area contributed by atoms with Crippen molar-refractivity contribution in [3.05, 3.63) is 0 Å². The molecule has 0 radical (unpaired) electrons. The van der Waals surface area contributed by atoms with E-state index in [0.29, 0.717) is 45.9 Å².